The Balaban J connectivity index is 1.39. The summed E-state index contributed by atoms with van der Waals surface area (Å²) in [6, 6.07) is 7.36. The van der Waals surface area contributed by atoms with Crippen LogP contribution in [0.25, 0.3) is 0 Å². The zero-order chi connectivity index (χ0) is 14.7. The Labute approximate surface area is 124 Å². The van der Waals surface area contributed by atoms with Crippen molar-refractivity contribution in [1.82, 2.24) is 5.32 Å². The Morgan fingerprint density at radius 3 is 2.76 bits per heavy atom. The number of nitrogen functional groups attached to an aromatic ring is 1. The lowest BCUT2D eigenvalue weighted by Crippen LogP contribution is -2.41. The van der Waals surface area contributed by atoms with Gasteiger partial charge in [-0.05, 0) is 49.4 Å². The van der Waals surface area contributed by atoms with E-state index in [0.29, 0.717) is 24.6 Å². The van der Waals surface area contributed by atoms with Crippen LogP contribution in [-0.4, -0.2) is 31.3 Å². The molecule has 2 aliphatic rings. The van der Waals surface area contributed by atoms with Gasteiger partial charge < -0.3 is 20.5 Å². The van der Waals surface area contributed by atoms with Gasteiger partial charge in [0.05, 0.1) is 25.2 Å². The predicted molar refractivity (Wildman–Crippen MR) is 80.0 cm³/mol. The van der Waals surface area contributed by atoms with E-state index in [2.05, 4.69) is 5.32 Å². The van der Waals surface area contributed by atoms with Gasteiger partial charge in [-0.25, -0.2) is 0 Å². The molecule has 0 aromatic heterocycles. The highest BCUT2D eigenvalue weighted by molar-refractivity contribution is 5.76. The maximum Gasteiger partial charge on any atom is 0.223 e. The van der Waals surface area contributed by atoms with E-state index in [0.717, 1.165) is 18.8 Å². The number of benzene rings is 1. The molecule has 1 amide bonds. The number of rotatable bonds is 6. The van der Waals surface area contributed by atoms with Crippen LogP contribution in [-0.2, 0) is 9.53 Å². The third-order valence-corrected chi connectivity index (χ3v) is 4.05. The number of carbonyl (C=O) groups excluding carboxylic acids is 1. The molecular weight excluding hydrogens is 268 g/mol. The molecule has 0 radical (unpaired) electrons. The highest BCUT2D eigenvalue weighted by Crippen LogP contribution is 2.38. The number of nitrogens with two attached hydrogens (primary N) is 1. The molecule has 1 aliphatic carbocycles. The minimum Gasteiger partial charge on any atom is -0.493 e. The van der Waals surface area contributed by atoms with Gasteiger partial charge in [0.25, 0.3) is 0 Å². The number of nitrogens with one attached hydrogen (secondary N) is 1. The highest BCUT2D eigenvalue weighted by Gasteiger charge is 2.41. The van der Waals surface area contributed by atoms with E-state index in [9.17, 15) is 4.79 Å². The fraction of sp³-hybridized carbons (Fsp3) is 0.562. The van der Waals surface area contributed by atoms with Crippen LogP contribution in [0.1, 0.15) is 25.7 Å². The van der Waals surface area contributed by atoms with Gasteiger partial charge in [0.15, 0.2) is 0 Å². The van der Waals surface area contributed by atoms with Gasteiger partial charge in [-0.3, -0.25) is 4.79 Å². The lowest BCUT2D eigenvalue weighted by Gasteiger charge is -2.19. The van der Waals surface area contributed by atoms with Crippen molar-refractivity contribution in [3.05, 3.63) is 24.3 Å². The second kappa shape index (κ2) is 6.35. The number of ether oxygens (including phenoxy) is 2. The standard InChI is InChI=1S/C16H22N2O3/c17-12-3-5-13(6-4-12)20-10-8-15(19)18-14-7-9-21-16(14)11-1-2-11/h3-6,11,14,16H,1-2,7-10,17H2,(H,18,19). The van der Waals surface area contributed by atoms with Gasteiger partial charge in [-0.15, -0.1) is 0 Å². The van der Waals surface area contributed by atoms with E-state index >= 15 is 0 Å². The fourth-order valence-electron chi connectivity index (χ4n) is 2.76. The molecule has 1 aliphatic heterocycles. The number of anilines is 1. The fourth-order valence-corrected chi connectivity index (χ4v) is 2.76. The van der Waals surface area contributed by atoms with Crippen molar-refractivity contribution in [2.24, 2.45) is 5.92 Å². The number of hydrogen-bond donors (Lipinski definition) is 2. The minimum atomic E-state index is 0.0339. The smallest absolute Gasteiger partial charge is 0.223 e. The van der Waals surface area contributed by atoms with Crippen molar-refractivity contribution >= 4 is 11.6 Å². The zero-order valence-corrected chi connectivity index (χ0v) is 12.1. The molecule has 114 valence electrons. The Morgan fingerprint density at radius 2 is 2.05 bits per heavy atom. The van der Waals surface area contributed by atoms with Crippen molar-refractivity contribution in [2.45, 2.75) is 37.8 Å². The molecule has 0 bridgehead atoms. The van der Waals surface area contributed by atoms with Crippen LogP contribution in [0.2, 0.25) is 0 Å². The molecule has 2 atom stereocenters. The normalized spacial score (nSPS) is 24.8. The van der Waals surface area contributed by atoms with Crippen LogP contribution in [0.3, 0.4) is 0 Å². The second-order valence-corrected chi connectivity index (χ2v) is 5.80. The van der Waals surface area contributed by atoms with Gasteiger partial charge in [0.2, 0.25) is 5.91 Å². The van der Waals surface area contributed by atoms with E-state index in [1.54, 1.807) is 24.3 Å². The summed E-state index contributed by atoms with van der Waals surface area (Å²) in [5.41, 5.74) is 6.31. The summed E-state index contributed by atoms with van der Waals surface area (Å²) >= 11 is 0. The van der Waals surface area contributed by atoms with Crippen LogP contribution in [0.5, 0.6) is 5.75 Å². The first-order valence-corrected chi connectivity index (χ1v) is 7.61. The maximum atomic E-state index is 12.0. The molecule has 3 N–H and O–H groups in total. The van der Waals surface area contributed by atoms with Crippen molar-refractivity contribution < 1.29 is 14.3 Å². The van der Waals surface area contributed by atoms with Gasteiger partial charge in [0, 0.05) is 12.3 Å². The molecule has 1 heterocycles. The van der Waals surface area contributed by atoms with Crippen LogP contribution in [0, 0.1) is 5.92 Å². The number of carbonyl (C=O) groups is 1. The third kappa shape index (κ3) is 3.88. The molecule has 1 saturated heterocycles. The molecule has 1 aromatic carbocycles. The summed E-state index contributed by atoms with van der Waals surface area (Å²) in [4.78, 5) is 12.0. The van der Waals surface area contributed by atoms with Crippen molar-refractivity contribution in [1.29, 1.82) is 0 Å². The number of hydrogen-bond acceptors (Lipinski definition) is 4. The summed E-state index contributed by atoms with van der Waals surface area (Å²) in [5.74, 6) is 1.42. The van der Waals surface area contributed by atoms with E-state index in [-0.39, 0.29) is 18.1 Å². The first-order chi connectivity index (χ1) is 10.2. The molecule has 3 rings (SSSR count). The average Bonchev–Trinajstić information content (AvgIpc) is 3.22. The monoisotopic (exact) mass is 290 g/mol. The van der Waals surface area contributed by atoms with Crippen LogP contribution < -0.4 is 15.8 Å². The molecular formula is C16H22N2O3. The largest absolute Gasteiger partial charge is 0.493 e. The topological polar surface area (TPSA) is 73.6 Å². The lowest BCUT2D eigenvalue weighted by molar-refractivity contribution is -0.122. The van der Waals surface area contributed by atoms with Gasteiger partial charge in [0.1, 0.15) is 5.75 Å². The Kier molecular flexibility index (Phi) is 4.29. The summed E-state index contributed by atoms with van der Waals surface area (Å²) in [6.45, 7) is 1.13. The van der Waals surface area contributed by atoms with E-state index < -0.39 is 0 Å². The molecule has 2 unspecified atom stereocenters. The van der Waals surface area contributed by atoms with Crippen LogP contribution >= 0.6 is 0 Å². The summed E-state index contributed by atoms with van der Waals surface area (Å²) in [6.07, 6.45) is 3.98. The van der Waals surface area contributed by atoms with E-state index in [1.807, 2.05) is 0 Å². The molecule has 1 saturated carbocycles. The molecule has 5 heteroatoms. The van der Waals surface area contributed by atoms with Gasteiger partial charge in [-0.1, -0.05) is 0 Å². The molecule has 21 heavy (non-hydrogen) atoms. The second-order valence-electron chi connectivity index (χ2n) is 5.80. The molecule has 0 spiro atoms. The van der Waals surface area contributed by atoms with Gasteiger partial charge in [-0.2, -0.15) is 0 Å². The Hall–Kier alpha value is -1.75. The lowest BCUT2D eigenvalue weighted by atomic mass is 10.1. The molecule has 2 fully saturated rings. The molecule has 1 aromatic rings. The van der Waals surface area contributed by atoms with E-state index in [4.69, 9.17) is 15.2 Å². The quantitative estimate of drug-likeness (QED) is 0.782. The SMILES string of the molecule is Nc1ccc(OCCC(=O)NC2CCOC2C2CC2)cc1. The van der Waals surface area contributed by atoms with Crippen molar-refractivity contribution in [3.8, 4) is 5.75 Å². The van der Waals surface area contributed by atoms with Crippen molar-refractivity contribution in [2.75, 3.05) is 18.9 Å². The third-order valence-electron chi connectivity index (χ3n) is 4.05. The summed E-state index contributed by atoms with van der Waals surface area (Å²) in [7, 11) is 0. The van der Waals surface area contributed by atoms with E-state index in [1.165, 1.54) is 12.8 Å². The minimum absolute atomic E-state index is 0.0339. The predicted octanol–water partition coefficient (Wildman–Crippen LogP) is 1.72. The van der Waals surface area contributed by atoms with Crippen molar-refractivity contribution in [3.63, 3.8) is 0 Å². The highest BCUT2D eigenvalue weighted by atomic mass is 16.5. The summed E-state index contributed by atoms with van der Waals surface area (Å²) in [5, 5.41) is 3.08. The number of amides is 1. The first kappa shape index (κ1) is 14.2. The Morgan fingerprint density at radius 1 is 1.29 bits per heavy atom. The van der Waals surface area contributed by atoms with Crippen LogP contribution in [0.15, 0.2) is 24.3 Å². The maximum absolute atomic E-state index is 12.0. The zero-order valence-electron chi connectivity index (χ0n) is 12.1. The molecule has 5 nitrogen and oxygen atoms in total. The first-order valence-electron chi connectivity index (χ1n) is 7.61. The summed E-state index contributed by atoms with van der Waals surface area (Å²) < 4.78 is 11.3. The average molecular weight is 290 g/mol. The Bertz CT molecular complexity index is 485. The van der Waals surface area contributed by atoms with Crippen LogP contribution in [0.4, 0.5) is 5.69 Å². The van der Waals surface area contributed by atoms with Gasteiger partial charge >= 0.3 is 0 Å².